The summed E-state index contributed by atoms with van der Waals surface area (Å²) >= 11 is 0. The van der Waals surface area contributed by atoms with Crippen LogP contribution in [0.15, 0.2) is 24.3 Å². The van der Waals surface area contributed by atoms with Gasteiger partial charge in [-0.3, -0.25) is 0 Å². The lowest BCUT2D eigenvalue weighted by Gasteiger charge is -2.08. The fraction of sp³-hybridized carbons (Fsp3) is 0.429. The van der Waals surface area contributed by atoms with Crippen molar-refractivity contribution in [3.05, 3.63) is 29.8 Å². The van der Waals surface area contributed by atoms with E-state index in [-0.39, 0.29) is 0 Å². The highest BCUT2D eigenvalue weighted by Gasteiger charge is 2.02. The van der Waals surface area contributed by atoms with Gasteiger partial charge in [0.25, 0.3) is 0 Å². The molecule has 1 N–H and O–H groups in total. The molecule has 3 nitrogen and oxygen atoms in total. The first-order chi connectivity index (χ1) is 8.17. The Kier molecular flexibility index (Phi) is 5.57. The molecule has 1 aromatic rings. The first kappa shape index (κ1) is 13.6. The van der Waals surface area contributed by atoms with Crippen LogP contribution < -0.4 is 14.8 Å². The summed E-state index contributed by atoms with van der Waals surface area (Å²) in [6.45, 7) is 5.13. The Bertz CT molecular complexity index is 372. The molecule has 0 aliphatic heterocycles. The van der Waals surface area contributed by atoms with Crippen LogP contribution in [0.2, 0.25) is 0 Å². The third kappa shape index (κ3) is 4.49. The van der Waals surface area contributed by atoms with Gasteiger partial charge in [0.2, 0.25) is 0 Å². The largest absolute Gasteiger partial charge is 0.493 e. The molecule has 1 aromatic carbocycles. The summed E-state index contributed by atoms with van der Waals surface area (Å²) in [6.07, 6.45) is 4.17. The Labute approximate surface area is 103 Å². The second-order valence-corrected chi connectivity index (χ2v) is 4.08. The van der Waals surface area contributed by atoms with Crippen LogP contribution >= 0.6 is 0 Å². The van der Waals surface area contributed by atoms with Gasteiger partial charge in [-0.25, -0.2) is 0 Å². The van der Waals surface area contributed by atoms with Crippen molar-refractivity contribution in [1.29, 1.82) is 0 Å². The van der Waals surface area contributed by atoms with E-state index in [1.165, 1.54) is 0 Å². The second-order valence-electron chi connectivity index (χ2n) is 4.08. The van der Waals surface area contributed by atoms with Gasteiger partial charge >= 0.3 is 0 Å². The number of ether oxygens (including phenoxy) is 2. The smallest absolute Gasteiger partial charge is 0.161 e. The maximum atomic E-state index is 5.25. The van der Waals surface area contributed by atoms with Crippen molar-refractivity contribution in [2.24, 2.45) is 0 Å². The van der Waals surface area contributed by atoms with E-state index >= 15 is 0 Å². The summed E-state index contributed by atoms with van der Waals surface area (Å²) in [6, 6.07) is 6.39. The summed E-state index contributed by atoms with van der Waals surface area (Å²) in [5.74, 6) is 1.51. The molecular formula is C14H21NO2. The highest BCUT2D eigenvalue weighted by atomic mass is 16.5. The number of nitrogens with one attached hydrogen (secondary N) is 1. The van der Waals surface area contributed by atoms with Crippen molar-refractivity contribution >= 4 is 6.08 Å². The van der Waals surface area contributed by atoms with Gasteiger partial charge in [0, 0.05) is 12.6 Å². The summed E-state index contributed by atoms with van der Waals surface area (Å²) in [4.78, 5) is 0. The predicted molar refractivity (Wildman–Crippen MR) is 71.7 cm³/mol. The van der Waals surface area contributed by atoms with Crippen molar-refractivity contribution in [1.82, 2.24) is 5.32 Å². The van der Waals surface area contributed by atoms with Gasteiger partial charge in [-0.05, 0) is 17.7 Å². The van der Waals surface area contributed by atoms with Crippen molar-refractivity contribution in [3.8, 4) is 11.5 Å². The van der Waals surface area contributed by atoms with Gasteiger partial charge < -0.3 is 14.8 Å². The molecule has 94 valence electrons. The molecule has 0 bridgehead atoms. The quantitative estimate of drug-likeness (QED) is 0.822. The van der Waals surface area contributed by atoms with E-state index in [1.807, 2.05) is 18.2 Å². The molecule has 0 heterocycles. The third-order valence-corrected chi connectivity index (χ3v) is 2.36. The van der Waals surface area contributed by atoms with Crippen molar-refractivity contribution in [2.75, 3.05) is 20.8 Å². The Morgan fingerprint density at radius 3 is 2.47 bits per heavy atom. The van der Waals surface area contributed by atoms with Gasteiger partial charge in [0.15, 0.2) is 11.5 Å². The van der Waals surface area contributed by atoms with E-state index in [1.54, 1.807) is 14.2 Å². The molecular weight excluding hydrogens is 214 g/mol. The molecule has 0 aromatic heterocycles. The topological polar surface area (TPSA) is 30.5 Å². The SMILES string of the molecule is COc1ccc(C=CCNC(C)C)cc1OC. The van der Waals surface area contributed by atoms with Crippen LogP contribution in [-0.4, -0.2) is 26.8 Å². The molecule has 0 unspecified atom stereocenters. The van der Waals surface area contributed by atoms with E-state index in [4.69, 9.17) is 9.47 Å². The van der Waals surface area contributed by atoms with Gasteiger partial charge in [-0.15, -0.1) is 0 Å². The maximum Gasteiger partial charge on any atom is 0.161 e. The van der Waals surface area contributed by atoms with Gasteiger partial charge in [0.05, 0.1) is 14.2 Å². The van der Waals surface area contributed by atoms with Crippen LogP contribution in [0.4, 0.5) is 0 Å². The summed E-state index contributed by atoms with van der Waals surface area (Å²) in [7, 11) is 3.28. The first-order valence-electron chi connectivity index (χ1n) is 5.79. The maximum absolute atomic E-state index is 5.25. The van der Waals surface area contributed by atoms with E-state index in [2.05, 4.69) is 31.3 Å². The Morgan fingerprint density at radius 1 is 1.18 bits per heavy atom. The molecule has 17 heavy (non-hydrogen) atoms. The fourth-order valence-corrected chi connectivity index (χ4v) is 1.46. The lowest BCUT2D eigenvalue weighted by molar-refractivity contribution is 0.355. The zero-order valence-corrected chi connectivity index (χ0v) is 11.0. The monoisotopic (exact) mass is 235 g/mol. The number of benzene rings is 1. The van der Waals surface area contributed by atoms with E-state index in [0.29, 0.717) is 6.04 Å². The molecule has 0 spiro atoms. The molecule has 0 aliphatic carbocycles. The number of hydrogen-bond donors (Lipinski definition) is 1. The lowest BCUT2D eigenvalue weighted by atomic mass is 10.2. The average molecular weight is 235 g/mol. The molecule has 0 atom stereocenters. The van der Waals surface area contributed by atoms with Gasteiger partial charge in [0.1, 0.15) is 0 Å². The Morgan fingerprint density at radius 2 is 1.88 bits per heavy atom. The minimum atomic E-state index is 0.505. The molecule has 0 saturated carbocycles. The summed E-state index contributed by atoms with van der Waals surface area (Å²) < 4.78 is 10.4. The number of rotatable bonds is 6. The van der Waals surface area contributed by atoms with Crippen molar-refractivity contribution in [2.45, 2.75) is 19.9 Å². The Balaban J connectivity index is 2.65. The standard InChI is InChI=1S/C14H21NO2/c1-11(2)15-9-5-6-12-7-8-13(16-3)14(10-12)17-4/h5-8,10-11,15H,9H2,1-4H3. The fourth-order valence-electron chi connectivity index (χ4n) is 1.46. The molecule has 3 heteroatoms. The van der Waals surface area contributed by atoms with Crippen LogP contribution in [-0.2, 0) is 0 Å². The number of methoxy groups -OCH3 is 2. The molecule has 0 saturated heterocycles. The highest BCUT2D eigenvalue weighted by molar-refractivity contribution is 5.55. The van der Waals surface area contributed by atoms with Crippen molar-refractivity contribution in [3.63, 3.8) is 0 Å². The van der Waals surface area contributed by atoms with Crippen molar-refractivity contribution < 1.29 is 9.47 Å². The molecule has 0 radical (unpaired) electrons. The zero-order valence-electron chi connectivity index (χ0n) is 11.0. The highest BCUT2D eigenvalue weighted by Crippen LogP contribution is 2.27. The molecule has 0 amide bonds. The normalized spacial score (nSPS) is 11.1. The zero-order chi connectivity index (χ0) is 12.7. The van der Waals surface area contributed by atoms with Gasteiger partial charge in [-0.2, -0.15) is 0 Å². The first-order valence-corrected chi connectivity index (χ1v) is 5.79. The Hall–Kier alpha value is -1.48. The number of hydrogen-bond acceptors (Lipinski definition) is 3. The van der Waals surface area contributed by atoms with Crippen LogP contribution in [0, 0.1) is 0 Å². The average Bonchev–Trinajstić information content (AvgIpc) is 2.34. The van der Waals surface area contributed by atoms with Crippen LogP contribution in [0.25, 0.3) is 6.08 Å². The van der Waals surface area contributed by atoms with E-state index < -0.39 is 0 Å². The second kappa shape index (κ2) is 6.97. The minimum Gasteiger partial charge on any atom is -0.493 e. The van der Waals surface area contributed by atoms with Crippen LogP contribution in [0.3, 0.4) is 0 Å². The lowest BCUT2D eigenvalue weighted by Crippen LogP contribution is -2.22. The minimum absolute atomic E-state index is 0.505. The molecule has 0 fully saturated rings. The molecule has 0 aliphatic rings. The van der Waals surface area contributed by atoms with Gasteiger partial charge in [-0.1, -0.05) is 32.1 Å². The van der Waals surface area contributed by atoms with Crippen LogP contribution in [0.1, 0.15) is 19.4 Å². The van der Waals surface area contributed by atoms with Crippen LogP contribution in [0.5, 0.6) is 11.5 Å². The molecule has 1 rings (SSSR count). The summed E-state index contributed by atoms with van der Waals surface area (Å²) in [5, 5.41) is 3.32. The van der Waals surface area contributed by atoms with E-state index in [0.717, 1.165) is 23.6 Å². The summed E-state index contributed by atoms with van der Waals surface area (Å²) in [5.41, 5.74) is 1.10. The van der Waals surface area contributed by atoms with E-state index in [9.17, 15) is 0 Å². The third-order valence-electron chi connectivity index (χ3n) is 2.36. The predicted octanol–water partition coefficient (Wildman–Crippen LogP) is 2.72.